The van der Waals surface area contributed by atoms with E-state index >= 15 is 0 Å². The summed E-state index contributed by atoms with van der Waals surface area (Å²) in [7, 11) is 0. The Morgan fingerprint density at radius 2 is 2.23 bits per heavy atom. The van der Waals surface area contributed by atoms with Crippen molar-refractivity contribution < 1.29 is 9.90 Å². The van der Waals surface area contributed by atoms with Gasteiger partial charge in [-0.1, -0.05) is 18.2 Å². The molecular weight excluding hydrogens is 298 g/mol. The molecule has 0 bridgehead atoms. The lowest BCUT2D eigenvalue weighted by atomic mass is 9.99. The van der Waals surface area contributed by atoms with Gasteiger partial charge in [0.15, 0.2) is 0 Å². The number of thiophene rings is 1. The Labute approximate surface area is 132 Å². The summed E-state index contributed by atoms with van der Waals surface area (Å²) in [6.45, 7) is 1.87. The third-order valence-corrected chi connectivity index (χ3v) is 4.33. The van der Waals surface area contributed by atoms with E-state index in [1.165, 1.54) is 11.3 Å². The first-order valence-corrected chi connectivity index (χ1v) is 7.94. The van der Waals surface area contributed by atoms with Gasteiger partial charge in [-0.15, -0.1) is 0 Å². The van der Waals surface area contributed by atoms with Crippen LogP contribution in [0, 0.1) is 0 Å². The molecule has 1 aromatic carbocycles. The molecule has 1 amide bonds. The minimum Gasteiger partial charge on any atom is -0.384 e. The third-order valence-electron chi connectivity index (χ3n) is 3.65. The molecule has 0 aliphatic heterocycles. The van der Waals surface area contributed by atoms with Gasteiger partial charge in [-0.2, -0.15) is 16.4 Å². The molecule has 0 aliphatic rings. The Morgan fingerprint density at radius 3 is 3.00 bits per heavy atom. The van der Waals surface area contributed by atoms with Crippen molar-refractivity contribution in [3.8, 4) is 0 Å². The Kier molecular flexibility index (Phi) is 3.96. The van der Waals surface area contributed by atoms with Gasteiger partial charge < -0.3 is 10.4 Å². The quantitative estimate of drug-likeness (QED) is 0.675. The van der Waals surface area contributed by atoms with E-state index in [-0.39, 0.29) is 18.9 Å². The minimum absolute atomic E-state index is 0.148. The molecule has 0 saturated heterocycles. The number of hydrogen-bond acceptors (Lipinski definition) is 4. The van der Waals surface area contributed by atoms with E-state index in [2.05, 4.69) is 15.5 Å². The second-order valence-electron chi connectivity index (χ2n) is 5.46. The molecular formula is C16H17N3O2S. The molecule has 6 heteroatoms. The number of nitrogens with one attached hydrogen (secondary N) is 2. The van der Waals surface area contributed by atoms with Gasteiger partial charge in [-0.05, 0) is 35.4 Å². The molecule has 3 aromatic rings. The number of carbonyl (C=O) groups excluding carboxylic acids is 1. The van der Waals surface area contributed by atoms with Crippen LogP contribution in [0.15, 0.2) is 41.1 Å². The normalized spacial score (nSPS) is 13.9. The molecule has 0 fully saturated rings. The number of fused-ring (bicyclic) bond motifs is 1. The Bertz CT molecular complexity index is 778. The minimum atomic E-state index is -1.06. The summed E-state index contributed by atoms with van der Waals surface area (Å²) in [5.41, 5.74) is 1.37. The fraction of sp³-hybridized carbons (Fsp3) is 0.250. The van der Waals surface area contributed by atoms with E-state index in [4.69, 9.17) is 0 Å². The summed E-state index contributed by atoms with van der Waals surface area (Å²) in [5.74, 6) is -0.148. The zero-order chi connectivity index (χ0) is 15.6. The van der Waals surface area contributed by atoms with Crippen molar-refractivity contribution in [2.75, 3.05) is 6.54 Å². The summed E-state index contributed by atoms with van der Waals surface area (Å²) >= 11 is 1.52. The largest absolute Gasteiger partial charge is 0.384 e. The van der Waals surface area contributed by atoms with Gasteiger partial charge in [0.25, 0.3) is 0 Å². The molecule has 0 saturated carbocycles. The Hall–Kier alpha value is -2.18. The van der Waals surface area contributed by atoms with Crippen molar-refractivity contribution in [1.29, 1.82) is 0 Å². The average Bonchev–Trinajstić information content (AvgIpc) is 3.16. The van der Waals surface area contributed by atoms with E-state index in [0.29, 0.717) is 0 Å². The number of hydrogen-bond donors (Lipinski definition) is 3. The molecule has 3 rings (SSSR count). The lowest BCUT2D eigenvalue weighted by Gasteiger charge is -2.22. The molecule has 3 N–H and O–H groups in total. The van der Waals surface area contributed by atoms with Gasteiger partial charge in [0.05, 0.1) is 24.2 Å². The molecule has 2 aromatic heterocycles. The van der Waals surface area contributed by atoms with Gasteiger partial charge in [-0.3, -0.25) is 9.89 Å². The summed E-state index contributed by atoms with van der Waals surface area (Å²) in [6, 6.07) is 9.52. The van der Waals surface area contributed by atoms with Crippen LogP contribution < -0.4 is 5.32 Å². The fourth-order valence-electron chi connectivity index (χ4n) is 2.32. The van der Waals surface area contributed by atoms with Gasteiger partial charge in [0.1, 0.15) is 5.60 Å². The summed E-state index contributed by atoms with van der Waals surface area (Å²) in [6.07, 6.45) is 0.209. The smallest absolute Gasteiger partial charge is 0.226 e. The number of amides is 1. The number of aromatic nitrogens is 2. The van der Waals surface area contributed by atoms with Crippen LogP contribution >= 0.6 is 11.3 Å². The number of aromatic amines is 1. The van der Waals surface area contributed by atoms with E-state index < -0.39 is 5.60 Å². The van der Waals surface area contributed by atoms with Crippen LogP contribution in [0.25, 0.3) is 10.9 Å². The Morgan fingerprint density at radius 1 is 1.41 bits per heavy atom. The SMILES string of the molecule is C[C@](O)(CNC(=O)Cc1[nH]nc2ccccc12)c1ccsc1. The predicted molar refractivity (Wildman–Crippen MR) is 86.7 cm³/mol. The van der Waals surface area contributed by atoms with Crippen LogP contribution in [0.5, 0.6) is 0 Å². The molecule has 0 spiro atoms. The van der Waals surface area contributed by atoms with Crippen molar-refractivity contribution in [2.45, 2.75) is 18.9 Å². The summed E-state index contributed by atoms with van der Waals surface area (Å²) in [4.78, 5) is 12.1. The first-order valence-electron chi connectivity index (χ1n) is 7.00. The number of benzene rings is 1. The fourth-order valence-corrected chi connectivity index (χ4v) is 3.10. The monoisotopic (exact) mass is 315 g/mol. The van der Waals surface area contributed by atoms with E-state index in [0.717, 1.165) is 22.2 Å². The maximum absolute atomic E-state index is 12.1. The first kappa shape index (κ1) is 14.7. The highest BCUT2D eigenvalue weighted by Gasteiger charge is 2.24. The van der Waals surface area contributed by atoms with Crippen molar-refractivity contribution in [1.82, 2.24) is 15.5 Å². The maximum Gasteiger partial charge on any atom is 0.226 e. The van der Waals surface area contributed by atoms with E-state index in [9.17, 15) is 9.90 Å². The molecule has 0 unspecified atom stereocenters. The number of nitrogens with zero attached hydrogens (tertiary/aromatic N) is 1. The zero-order valence-corrected chi connectivity index (χ0v) is 13.0. The highest BCUT2D eigenvalue weighted by molar-refractivity contribution is 7.08. The Balaban J connectivity index is 1.63. The lowest BCUT2D eigenvalue weighted by Crippen LogP contribution is -2.39. The van der Waals surface area contributed by atoms with E-state index in [1.807, 2.05) is 41.1 Å². The first-order chi connectivity index (χ1) is 10.6. The summed E-state index contributed by atoms with van der Waals surface area (Å²) < 4.78 is 0. The van der Waals surface area contributed by atoms with E-state index in [1.54, 1.807) is 6.92 Å². The average molecular weight is 315 g/mol. The molecule has 5 nitrogen and oxygen atoms in total. The van der Waals surface area contributed by atoms with Crippen molar-refractivity contribution in [3.05, 3.63) is 52.3 Å². The zero-order valence-electron chi connectivity index (χ0n) is 12.2. The molecule has 114 valence electrons. The van der Waals surface area contributed by atoms with Crippen LogP contribution in [0.4, 0.5) is 0 Å². The number of para-hydroxylation sites is 1. The van der Waals surface area contributed by atoms with Crippen LogP contribution in [-0.4, -0.2) is 27.8 Å². The third kappa shape index (κ3) is 3.03. The number of rotatable bonds is 5. The van der Waals surface area contributed by atoms with Crippen molar-refractivity contribution in [3.63, 3.8) is 0 Å². The van der Waals surface area contributed by atoms with Crippen molar-refractivity contribution in [2.24, 2.45) is 0 Å². The highest BCUT2D eigenvalue weighted by atomic mass is 32.1. The maximum atomic E-state index is 12.1. The van der Waals surface area contributed by atoms with Crippen LogP contribution in [0.1, 0.15) is 18.2 Å². The molecule has 22 heavy (non-hydrogen) atoms. The van der Waals surface area contributed by atoms with Crippen LogP contribution in [-0.2, 0) is 16.8 Å². The number of carbonyl (C=O) groups is 1. The molecule has 2 heterocycles. The van der Waals surface area contributed by atoms with Crippen molar-refractivity contribution >= 4 is 28.1 Å². The number of H-pyrrole nitrogens is 1. The van der Waals surface area contributed by atoms with Gasteiger partial charge in [0, 0.05) is 5.39 Å². The molecule has 1 atom stereocenters. The second-order valence-corrected chi connectivity index (χ2v) is 6.24. The van der Waals surface area contributed by atoms with Gasteiger partial charge >= 0.3 is 0 Å². The van der Waals surface area contributed by atoms with Gasteiger partial charge in [-0.25, -0.2) is 0 Å². The second kappa shape index (κ2) is 5.90. The molecule has 0 radical (unpaired) electrons. The molecule has 0 aliphatic carbocycles. The lowest BCUT2D eigenvalue weighted by molar-refractivity contribution is -0.121. The highest BCUT2D eigenvalue weighted by Crippen LogP contribution is 2.22. The predicted octanol–water partition coefficient (Wildman–Crippen LogP) is 2.19. The van der Waals surface area contributed by atoms with Crippen LogP contribution in [0.2, 0.25) is 0 Å². The topological polar surface area (TPSA) is 78.0 Å². The van der Waals surface area contributed by atoms with Gasteiger partial charge in [0.2, 0.25) is 5.91 Å². The number of aliphatic hydroxyl groups is 1. The summed E-state index contributed by atoms with van der Waals surface area (Å²) in [5, 5.41) is 25.0. The van der Waals surface area contributed by atoms with Crippen LogP contribution in [0.3, 0.4) is 0 Å². The standard InChI is InChI=1S/C16H17N3O2S/c1-16(21,11-6-7-22-9-11)10-17-15(20)8-14-12-4-2-3-5-13(12)18-19-14/h2-7,9,21H,8,10H2,1H3,(H,17,20)(H,18,19)/t16-/m0/s1.